The molecule has 1 aromatic heterocycles. The van der Waals surface area contributed by atoms with Crippen LogP contribution in [0.1, 0.15) is 18.5 Å². The average Bonchev–Trinajstić information content (AvgIpc) is 3.41. The molecule has 1 aliphatic rings. The third-order valence-electron chi connectivity index (χ3n) is 5.11. The summed E-state index contributed by atoms with van der Waals surface area (Å²) in [7, 11) is 1.63. The summed E-state index contributed by atoms with van der Waals surface area (Å²) in [5.41, 5.74) is 2.17. The zero-order valence-corrected chi connectivity index (χ0v) is 17.9. The van der Waals surface area contributed by atoms with Gasteiger partial charge in [-0.1, -0.05) is 23.2 Å². The lowest BCUT2D eigenvalue weighted by Gasteiger charge is -2.22. The third kappa shape index (κ3) is 4.61. The number of carbonyl (C=O) groups excluding carboxylic acids is 1. The number of nitrogens with zero attached hydrogens (tertiary/aromatic N) is 2. The Balaban J connectivity index is 1.43. The predicted molar refractivity (Wildman–Crippen MR) is 117 cm³/mol. The number of oxazole rings is 1. The van der Waals surface area contributed by atoms with E-state index in [9.17, 15) is 4.79 Å². The molecule has 2 aromatic carbocycles. The van der Waals surface area contributed by atoms with Crippen molar-refractivity contribution < 1.29 is 13.9 Å². The molecule has 1 amide bonds. The molecule has 1 N–H and O–H groups in total. The monoisotopic (exact) mass is 445 g/mol. The van der Waals surface area contributed by atoms with Gasteiger partial charge in [-0.15, -0.1) is 0 Å². The first-order valence-corrected chi connectivity index (χ1v) is 10.4. The minimum Gasteiger partial charge on any atom is -0.497 e. The van der Waals surface area contributed by atoms with Gasteiger partial charge in [0.15, 0.2) is 0 Å². The molecular formula is C22H21Cl2N3O3. The quantitative estimate of drug-likeness (QED) is 0.560. The predicted octanol–water partition coefficient (Wildman–Crippen LogP) is 5.26. The van der Waals surface area contributed by atoms with Crippen LogP contribution in [0.25, 0.3) is 11.5 Å². The van der Waals surface area contributed by atoms with Crippen molar-refractivity contribution in [3.8, 4) is 17.2 Å². The van der Waals surface area contributed by atoms with Crippen LogP contribution in [0.15, 0.2) is 53.1 Å². The van der Waals surface area contributed by atoms with E-state index >= 15 is 0 Å². The van der Waals surface area contributed by atoms with Crippen molar-refractivity contribution in [2.24, 2.45) is 0 Å². The number of amides is 1. The number of rotatable bonds is 6. The summed E-state index contributed by atoms with van der Waals surface area (Å²) in [6.45, 7) is 1.34. The number of aromatic nitrogens is 1. The van der Waals surface area contributed by atoms with Crippen molar-refractivity contribution >= 4 is 34.8 Å². The average molecular weight is 446 g/mol. The van der Waals surface area contributed by atoms with E-state index in [1.54, 1.807) is 31.6 Å². The van der Waals surface area contributed by atoms with Crippen molar-refractivity contribution in [3.05, 3.63) is 64.5 Å². The van der Waals surface area contributed by atoms with Crippen molar-refractivity contribution in [1.82, 2.24) is 9.88 Å². The molecule has 2 heterocycles. The van der Waals surface area contributed by atoms with E-state index in [-0.39, 0.29) is 11.9 Å². The van der Waals surface area contributed by atoms with Crippen molar-refractivity contribution in [2.45, 2.75) is 25.4 Å². The fraction of sp³-hybridized carbons (Fsp3) is 0.273. The molecule has 3 aromatic rings. The number of carbonyl (C=O) groups is 1. The minimum atomic E-state index is -0.263. The summed E-state index contributed by atoms with van der Waals surface area (Å²) < 4.78 is 10.8. The lowest BCUT2D eigenvalue weighted by molar-refractivity contribution is -0.120. The van der Waals surface area contributed by atoms with Crippen LogP contribution in [0.4, 0.5) is 5.69 Å². The Kier molecular flexibility index (Phi) is 6.27. The van der Waals surface area contributed by atoms with Crippen LogP contribution in [0.2, 0.25) is 10.0 Å². The Bertz CT molecular complexity index is 1040. The van der Waals surface area contributed by atoms with Gasteiger partial charge in [0.2, 0.25) is 11.8 Å². The van der Waals surface area contributed by atoms with E-state index in [4.69, 9.17) is 32.4 Å². The van der Waals surface area contributed by atoms with Crippen LogP contribution in [-0.4, -0.2) is 35.5 Å². The topological polar surface area (TPSA) is 67.6 Å². The van der Waals surface area contributed by atoms with Crippen LogP contribution >= 0.6 is 23.2 Å². The summed E-state index contributed by atoms with van der Waals surface area (Å²) in [5.74, 6) is 1.21. The Hall–Kier alpha value is -2.54. The molecule has 0 spiro atoms. The van der Waals surface area contributed by atoms with Gasteiger partial charge in [-0.05, 0) is 61.9 Å². The van der Waals surface area contributed by atoms with Gasteiger partial charge < -0.3 is 14.5 Å². The zero-order chi connectivity index (χ0) is 21.1. The van der Waals surface area contributed by atoms with Crippen LogP contribution < -0.4 is 10.1 Å². The largest absolute Gasteiger partial charge is 0.497 e. The smallest absolute Gasteiger partial charge is 0.241 e. The highest BCUT2D eigenvalue weighted by atomic mass is 35.5. The number of nitrogens with one attached hydrogen (secondary N) is 1. The number of hydrogen-bond donors (Lipinski definition) is 1. The van der Waals surface area contributed by atoms with E-state index < -0.39 is 0 Å². The molecule has 0 radical (unpaired) electrons. The number of methoxy groups -OCH3 is 1. The maximum absolute atomic E-state index is 12.9. The number of benzene rings is 2. The maximum atomic E-state index is 12.9. The lowest BCUT2D eigenvalue weighted by Crippen LogP contribution is -2.39. The summed E-state index contributed by atoms with van der Waals surface area (Å²) in [4.78, 5) is 19.5. The molecule has 6 nitrogen and oxygen atoms in total. The first kappa shape index (κ1) is 20.7. The van der Waals surface area contributed by atoms with Gasteiger partial charge in [-0.2, -0.15) is 0 Å². The number of ether oxygens (including phenoxy) is 1. The van der Waals surface area contributed by atoms with E-state index in [0.29, 0.717) is 28.2 Å². The number of likely N-dealkylation sites (tertiary alicyclic amines) is 1. The molecular weight excluding hydrogens is 425 g/mol. The summed E-state index contributed by atoms with van der Waals surface area (Å²) in [6.07, 6.45) is 3.35. The first-order valence-electron chi connectivity index (χ1n) is 9.62. The number of anilines is 1. The minimum absolute atomic E-state index is 0.101. The lowest BCUT2D eigenvalue weighted by atomic mass is 10.2. The molecule has 8 heteroatoms. The standard InChI is InChI=1S/C22H21Cl2N3O3/c1-29-17-7-4-14(5-8-17)22-25-16(13-30-22)12-27-10-2-3-20(27)21(28)26-19-11-15(23)6-9-18(19)24/h4-9,11,13,20H,2-3,10,12H2,1H3,(H,26,28)/t20-/m0/s1. The van der Waals surface area contributed by atoms with Crippen LogP contribution in [0.3, 0.4) is 0 Å². The fourth-order valence-electron chi connectivity index (χ4n) is 3.58. The second-order valence-corrected chi connectivity index (χ2v) is 7.96. The second-order valence-electron chi connectivity index (χ2n) is 7.11. The zero-order valence-electron chi connectivity index (χ0n) is 16.4. The van der Waals surface area contributed by atoms with Crippen molar-refractivity contribution in [1.29, 1.82) is 0 Å². The van der Waals surface area contributed by atoms with Gasteiger partial charge in [-0.3, -0.25) is 9.69 Å². The van der Waals surface area contributed by atoms with E-state index in [0.717, 1.165) is 36.4 Å². The molecule has 0 bridgehead atoms. The van der Waals surface area contributed by atoms with E-state index in [1.807, 2.05) is 24.3 Å². The SMILES string of the molecule is COc1ccc(-c2nc(CN3CCC[C@H]3C(=O)Nc3cc(Cl)ccc3Cl)co2)cc1. The molecule has 0 aliphatic carbocycles. The summed E-state index contributed by atoms with van der Waals surface area (Å²) in [5, 5.41) is 3.87. The van der Waals surface area contributed by atoms with Gasteiger partial charge in [0.1, 0.15) is 12.0 Å². The molecule has 0 saturated carbocycles. The Morgan fingerprint density at radius 2 is 2.07 bits per heavy atom. The highest BCUT2D eigenvalue weighted by Crippen LogP contribution is 2.28. The van der Waals surface area contributed by atoms with Gasteiger partial charge >= 0.3 is 0 Å². The van der Waals surface area contributed by atoms with Crippen LogP contribution in [-0.2, 0) is 11.3 Å². The normalized spacial score (nSPS) is 16.6. The summed E-state index contributed by atoms with van der Waals surface area (Å²) in [6, 6.07) is 12.3. The van der Waals surface area contributed by atoms with E-state index in [1.165, 1.54) is 0 Å². The van der Waals surface area contributed by atoms with Gasteiger partial charge in [0.05, 0.1) is 29.6 Å². The fourth-order valence-corrected chi connectivity index (χ4v) is 3.91. The highest BCUT2D eigenvalue weighted by molar-refractivity contribution is 6.35. The first-order chi connectivity index (χ1) is 14.5. The molecule has 1 atom stereocenters. The Morgan fingerprint density at radius 3 is 2.83 bits per heavy atom. The maximum Gasteiger partial charge on any atom is 0.241 e. The molecule has 1 saturated heterocycles. The molecule has 4 rings (SSSR count). The Morgan fingerprint density at radius 1 is 1.27 bits per heavy atom. The van der Waals surface area contributed by atoms with Crippen molar-refractivity contribution in [2.75, 3.05) is 19.0 Å². The molecule has 30 heavy (non-hydrogen) atoms. The highest BCUT2D eigenvalue weighted by Gasteiger charge is 2.31. The number of halogens is 2. The molecule has 1 aliphatic heterocycles. The Labute approximate surface area is 184 Å². The summed E-state index contributed by atoms with van der Waals surface area (Å²) >= 11 is 12.2. The van der Waals surface area contributed by atoms with E-state index in [2.05, 4.69) is 15.2 Å². The van der Waals surface area contributed by atoms with Crippen LogP contribution in [0, 0.1) is 0 Å². The van der Waals surface area contributed by atoms with Crippen LogP contribution in [0.5, 0.6) is 5.75 Å². The van der Waals surface area contributed by atoms with Crippen molar-refractivity contribution in [3.63, 3.8) is 0 Å². The second kappa shape index (κ2) is 9.08. The molecule has 1 fully saturated rings. The third-order valence-corrected chi connectivity index (χ3v) is 5.67. The molecule has 156 valence electrons. The molecule has 0 unspecified atom stereocenters. The van der Waals surface area contributed by atoms with Gasteiger partial charge in [-0.25, -0.2) is 4.98 Å². The number of hydrogen-bond acceptors (Lipinski definition) is 5. The van der Waals surface area contributed by atoms with Gasteiger partial charge in [0, 0.05) is 17.1 Å². The van der Waals surface area contributed by atoms with Gasteiger partial charge in [0.25, 0.3) is 0 Å².